The van der Waals surface area contributed by atoms with E-state index in [9.17, 15) is 14.9 Å². The number of rotatable bonds is 7. The summed E-state index contributed by atoms with van der Waals surface area (Å²) in [5.41, 5.74) is 7.59. The van der Waals surface area contributed by atoms with Crippen LogP contribution in [0.5, 0.6) is 17.2 Å². The van der Waals surface area contributed by atoms with Crippen LogP contribution in [0, 0.1) is 16.7 Å². The molecule has 0 aromatic heterocycles. The molecule has 2 aliphatic rings. The molecule has 1 amide bonds. The van der Waals surface area contributed by atoms with Gasteiger partial charge in [-0.3, -0.25) is 9.59 Å². The first-order valence-corrected chi connectivity index (χ1v) is 11.7. The summed E-state index contributed by atoms with van der Waals surface area (Å²) in [4.78, 5) is 25.7. The fourth-order valence-electron chi connectivity index (χ4n) is 4.68. The highest BCUT2D eigenvalue weighted by atomic mass is 16.5. The van der Waals surface area contributed by atoms with E-state index in [4.69, 9.17) is 24.7 Å². The van der Waals surface area contributed by atoms with E-state index in [1.165, 1.54) is 14.2 Å². The van der Waals surface area contributed by atoms with Crippen LogP contribution >= 0.6 is 0 Å². The molecule has 0 bridgehead atoms. The van der Waals surface area contributed by atoms with Crippen LogP contribution in [-0.4, -0.2) is 32.5 Å². The minimum atomic E-state index is -0.686. The summed E-state index contributed by atoms with van der Waals surface area (Å²) < 4.78 is 22.2. The number of hydrogen-bond donors (Lipinski definition) is 2. The summed E-state index contributed by atoms with van der Waals surface area (Å²) in [6.45, 7) is 3.71. The molecule has 1 aliphatic carbocycles. The molecule has 0 saturated carbocycles. The fraction of sp³-hybridized carbons (Fsp3) is 0.321. The average molecular weight is 504 g/mol. The number of nitrogens with one attached hydrogen (secondary N) is 1. The summed E-state index contributed by atoms with van der Waals surface area (Å²) in [5, 5.41) is 12.6. The van der Waals surface area contributed by atoms with Crippen molar-refractivity contribution in [2.24, 2.45) is 11.1 Å². The summed E-state index contributed by atoms with van der Waals surface area (Å²) in [5.74, 6) is 0.541. The number of para-hydroxylation sites is 2. The molecule has 4 rings (SSSR count). The molecule has 1 aliphatic heterocycles. The maximum atomic E-state index is 13.2. The van der Waals surface area contributed by atoms with Crippen molar-refractivity contribution >= 4 is 17.4 Å². The molecule has 9 heteroatoms. The van der Waals surface area contributed by atoms with Crippen LogP contribution in [0.4, 0.5) is 5.69 Å². The molecule has 0 fully saturated rings. The van der Waals surface area contributed by atoms with E-state index in [1.54, 1.807) is 42.5 Å². The van der Waals surface area contributed by atoms with Gasteiger partial charge in [-0.05, 0) is 35.2 Å². The van der Waals surface area contributed by atoms with E-state index < -0.39 is 5.92 Å². The Morgan fingerprint density at radius 2 is 1.86 bits per heavy atom. The number of nitriles is 1. The quantitative estimate of drug-likeness (QED) is 0.575. The van der Waals surface area contributed by atoms with Crippen LogP contribution in [0.1, 0.15) is 38.2 Å². The lowest BCUT2D eigenvalue weighted by molar-refractivity contribution is -0.119. The number of methoxy groups -OCH3 is 2. The molecule has 37 heavy (non-hydrogen) atoms. The van der Waals surface area contributed by atoms with Gasteiger partial charge >= 0.3 is 0 Å². The number of nitrogens with two attached hydrogens (primary N) is 1. The number of ether oxygens (including phenoxy) is 4. The lowest BCUT2D eigenvalue weighted by Crippen LogP contribution is -2.33. The monoisotopic (exact) mass is 503 g/mol. The second-order valence-electron chi connectivity index (χ2n) is 9.65. The molecule has 9 nitrogen and oxygen atoms in total. The Balaban J connectivity index is 1.59. The number of anilines is 1. The molecule has 0 saturated heterocycles. The molecular weight excluding hydrogens is 474 g/mol. The zero-order valence-electron chi connectivity index (χ0n) is 21.2. The van der Waals surface area contributed by atoms with Gasteiger partial charge in [0, 0.05) is 18.4 Å². The smallest absolute Gasteiger partial charge is 0.262 e. The molecule has 0 spiro atoms. The minimum absolute atomic E-state index is 0.0101. The molecule has 1 heterocycles. The number of benzene rings is 2. The summed E-state index contributed by atoms with van der Waals surface area (Å²) in [6.07, 6.45) is 0.869. The lowest BCUT2D eigenvalue weighted by atomic mass is 9.70. The van der Waals surface area contributed by atoms with Crippen LogP contribution < -0.4 is 25.3 Å². The van der Waals surface area contributed by atoms with Gasteiger partial charge in [-0.15, -0.1) is 0 Å². The lowest BCUT2D eigenvalue weighted by Gasteiger charge is -2.37. The van der Waals surface area contributed by atoms with Gasteiger partial charge in [-0.25, -0.2) is 0 Å². The number of amides is 1. The van der Waals surface area contributed by atoms with Gasteiger partial charge in [0.1, 0.15) is 23.2 Å². The highest BCUT2D eigenvalue weighted by Crippen LogP contribution is 2.48. The van der Waals surface area contributed by atoms with E-state index in [-0.39, 0.29) is 35.2 Å². The third-order valence-electron chi connectivity index (χ3n) is 6.34. The zero-order valence-corrected chi connectivity index (χ0v) is 21.2. The Morgan fingerprint density at radius 1 is 1.14 bits per heavy atom. The van der Waals surface area contributed by atoms with Crippen molar-refractivity contribution in [1.29, 1.82) is 5.26 Å². The Kier molecular flexibility index (Phi) is 7.11. The number of nitrogens with zero attached hydrogens (tertiary/aromatic N) is 1. The van der Waals surface area contributed by atoms with Gasteiger partial charge in [0.05, 0.1) is 25.8 Å². The number of ketones is 1. The normalized spacial score (nSPS) is 18.4. The predicted octanol–water partition coefficient (Wildman–Crippen LogP) is 4.17. The van der Waals surface area contributed by atoms with Crippen molar-refractivity contribution in [1.82, 2.24) is 0 Å². The maximum Gasteiger partial charge on any atom is 0.262 e. The van der Waals surface area contributed by atoms with Gasteiger partial charge in [-0.1, -0.05) is 32.0 Å². The third kappa shape index (κ3) is 5.23. The van der Waals surface area contributed by atoms with Crippen molar-refractivity contribution in [3.63, 3.8) is 0 Å². The summed E-state index contributed by atoms with van der Waals surface area (Å²) in [7, 11) is 2.99. The Morgan fingerprint density at radius 3 is 2.57 bits per heavy atom. The molecule has 2 aromatic carbocycles. The van der Waals surface area contributed by atoms with E-state index in [1.807, 2.05) is 13.8 Å². The van der Waals surface area contributed by atoms with E-state index >= 15 is 0 Å². The van der Waals surface area contributed by atoms with Gasteiger partial charge in [0.25, 0.3) is 5.91 Å². The van der Waals surface area contributed by atoms with Crippen molar-refractivity contribution in [3.05, 3.63) is 70.8 Å². The highest BCUT2D eigenvalue weighted by molar-refractivity contribution is 6.00. The van der Waals surface area contributed by atoms with Crippen molar-refractivity contribution < 1.29 is 28.5 Å². The van der Waals surface area contributed by atoms with Crippen LogP contribution in [0.2, 0.25) is 0 Å². The predicted molar refractivity (Wildman–Crippen MR) is 136 cm³/mol. The number of allylic oxidation sites excluding steroid dienone is 3. The van der Waals surface area contributed by atoms with Gasteiger partial charge in [0.2, 0.25) is 5.88 Å². The molecule has 3 N–H and O–H groups in total. The van der Waals surface area contributed by atoms with Gasteiger partial charge in [-0.2, -0.15) is 5.26 Å². The molecule has 1 atom stereocenters. The second kappa shape index (κ2) is 10.3. The first-order chi connectivity index (χ1) is 17.7. The van der Waals surface area contributed by atoms with Crippen LogP contribution in [0.25, 0.3) is 0 Å². The van der Waals surface area contributed by atoms with Gasteiger partial charge in [0.15, 0.2) is 23.9 Å². The topological polar surface area (TPSA) is 133 Å². The van der Waals surface area contributed by atoms with Crippen molar-refractivity contribution in [3.8, 4) is 23.3 Å². The largest absolute Gasteiger partial charge is 0.495 e. The van der Waals surface area contributed by atoms with Crippen molar-refractivity contribution in [2.45, 2.75) is 32.6 Å². The Labute approximate surface area is 215 Å². The SMILES string of the molecule is COc1ccccc1NC(=O)COc1ccc([C@H]2C(C#N)=C(N)OC3=C2C(=O)CC(C)(C)C3)cc1OC. The van der Waals surface area contributed by atoms with Crippen molar-refractivity contribution in [2.75, 3.05) is 26.1 Å². The average Bonchev–Trinajstić information content (AvgIpc) is 2.86. The van der Waals surface area contributed by atoms with E-state index in [0.717, 1.165) is 0 Å². The Bertz CT molecular complexity index is 1350. The fourth-order valence-corrected chi connectivity index (χ4v) is 4.68. The zero-order chi connectivity index (χ0) is 26.7. The first kappa shape index (κ1) is 25.6. The number of carbonyl (C=O) groups excluding carboxylic acids is 2. The molecular formula is C28H29N3O6. The minimum Gasteiger partial charge on any atom is -0.495 e. The van der Waals surface area contributed by atoms with Crippen LogP contribution in [0.3, 0.4) is 0 Å². The maximum absolute atomic E-state index is 13.2. The first-order valence-electron chi connectivity index (χ1n) is 11.7. The molecule has 0 unspecified atom stereocenters. The molecule has 192 valence electrons. The Hall–Kier alpha value is -4.45. The second-order valence-corrected chi connectivity index (χ2v) is 9.65. The highest BCUT2D eigenvalue weighted by Gasteiger charge is 2.43. The van der Waals surface area contributed by atoms with Gasteiger partial charge < -0.3 is 30.0 Å². The number of Topliss-reactive ketones (excluding diaryl/α,β-unsaturated/α-hetero) is 1. The summed E-state index contributed by atoms with van der Waals surface area (Å²) >= 11 is 0. The number of carbonyl (C=O) groups is 2. The van der Waals surface area contributed by atoms with E-state index in [0.29, 0.717) is 52.7 Å². The van der Waals surface area contributed by atoms with Crippen LogP contribution in [0.15, 0.2) is 65.3 Å². The standard InChI is InChI=1S/C28H29N3O6/c1-28(2)12-19(32)26-23(13-28)37-27(30)17(14-29)25(26)16-9-10-21(22(11-16)35-4)36-15-24(33)31-18-7-5-6-8-20(18)34-3/h5-11,25H,12-13,15,30H2,1-4H3,(H,31,33)/t25-/m0/s1. The number of hydrogen-bond acceptors (Lipinski definition) is 8. The molecule has 2 aromatic rings. The molecule has 0 radical (unpaired) electrons. The van der Waals surface area contributed by atoms with E-state index in [2.05, 4.69) is 11.4 Å². The third-order valence-corrected chi connectivity index (χ3v) is 6.34. The summed E-state index contributed by atoms with van der Waals surface area (Å²) in [6, 6.07) is 14.2. The van der Waals surface area contributed by atoms with Crippen LogP contribution in [-0.2, 0) is 14.3 Å².